The number of furan rings is 1. The molecule has 0 saturated heterocycles. The SMILES string of the molecule is O=C(CSC1=Nc2ccccc2C2=N[C@@H](CC(=O)NCc3ccccc3)C(=O)N12)NCc1ccco1. The van der Waals surface area contributed by atoms with Gasteiger partial charge >= 0.3 is 0 Å². The Morgan fingerprint density at radius 2 is 1.72 bits per heavy atom. The predicted octanol–water partition coefficient (Wildman–Crippen LogP) is 2.99. The standard InChI is InChI=1S/C26H23N5O4S/c32-22(27-14-17-7-2-1-3-8-17)13-21-25(34)31-24(29-21)19-10-4-5-11-20(19)30-26(31)36-16-23(33)28-15-18-9-6-12-35-18/h1-12,21H,13-16H2,(H,27,32)(H,28,33)/t21-/m0/s1. The topological polar surface area (TPSA) is 116 Å². The van der Waals surface area contributed by atoms with Crippen molar-refractivity contribution in [3.8, 4) is 0 Å². The van der Waals surface area contributed by atoms with Gasteiger partial charge in [0.2, 0.25) is 11.8 Å². The lowest BCUT2D eigenvalue weighted by Crippen LogP contribution is -2.42. The summed E-state index contributed by atoms with van der Waals surface area (Å²) in [5, 5.41) is 5.99. The lowest BCUT2D eigenvalue weighted by Gasteiger charge is -2.25. The van der Waals surface area contributed by atoms with Crippen LogP contribution in [0, 0.1) is 0 Å². The van der Waals surface area contributed by atoms with E-state index < -0.39 is 6.04 Å². The first-order valence-corrected chi connectivity index (χ1v) is 12.4. The van der Waals surface area contributed by atoms with E-state index in [0.29, 0.717) is 34.6 Å². The third kappa shape index (κ3) is 5.23. The van der Waals surface area contributed by atoms with Gasteiger partial charge in [0.15, 0.2) is 5.17 Å². The Morgan fingerprint density at radius 3 is 2.53 bits per heavy atom. The Morgan fingerprint density at radius 1 is 0.944 bits per heavy atom. The van der Waals surface area contributed by atoms with Crippen molar-refractivity contribution >= 4 is 46.2 Å². The molecule has 0 unspecified atom stereocenters. The normalized spacial score (nSPS) is 16.1. The largest absolute Gasteiger partial charge is 0.467 e. The molecule has 0 fully saturated rings. The summed E-state index contributed by atoms with van der Waals surface area (Å²) in [5.74, 6) is 0.329. The van der Waals surface area contributed by atoms with E-state index in [2.05, 4.69) is 20.6 Å². The van der Waals surface area contributed by atoms with Crippen LogP contribution in [0.25, 0.3) is 0 Å². The van der Waals surface area contributed by atoms with Gasteiger partial charge in [-0.15, -0.1) is 0 Å². The molecule has 1 aromatic heterocycles. The van der Waals surface area contributed by atoms with Crippen molar-refractivity contribution < 1.29 is 18.8 Å². The summed E-state index contributed by atoms with van der Waals surface area (Å²) in [6.07, 6.45) is 1.47. The van der Waals surface area contributed by atoms with Crippen molar-refractivity contribution in [2.75, 3.05) is 5.75 Å². The number of para-hydroxylation sites is 1. The van der Waals surface area contributed by atoms with E-state index in [1.165, 1.54) is 4.90 Å². The zero-order valence-corrected chi connectivity index (χ0v) is 20.0. The van der Waals surface area contributed by atoms with Crippen LogP contribution in [0.4, 0.5) is 5.69 Å². The van der Waals surface area contributed by atoms with Crippen molar-refractivity contribution in [2.24, 2.45) is 9.98 Å². The number of hydrogen-bond acceptors (Lipinski definition) is 7. The van der Waals surface area contributed by atoms with Crippen molar-refractivity contribution in [2.45, 2.75) is 25.6 Å². The zero-order valence-electron chi connectivity index (χ0n) is 19.2. The van der Waals surface area contributed by atoms with E-state index in [1.54, 1.807) is 18.4 Å². The van der Waals surface area contributed by atoms with Crippen LogP contribution in [-0.4, -0.2) is 45.4 Å². The second kappa shape index (κ2) is 10.6. The smallest absolute Gasteiger partial charge is 0.259 e. The van der Waals surface area contributed by atoms with Crippen molar-refractivity contribution in [3.05, 3.63) is 89.9 Å². The van der Waals surface area contributed by atoms with Crippen LogP contribution in [0.1, 0.15) is 23.3 Å². The molecule has 2 N–H and O–H groups in total. The molecule has 9 nitrogen and oxygen atoms in total. The van der Waals surface area contributed by atoms with Crippen molar-refractivity contribution in [1.82, 2.24) is 15.5 Å². The van der Waals surface area contributed by atoms with Gasteiger partial charge in [0.1, 0.15) is 17.6 Å². The number of carbonyl (C=O) groups is 3. The minimum Gasteiger partial charge on any atom is -0.467 e. The first-order chi connectivity index (χ1) is 17.6. The molecular weight excluding hydrogens is 478 g/mol. The van der Waals surface area contributed by atoms with Gasteiger partial charge in [-0.3, -0.25) is 19.4 Å². The number of carbonyl (C=O) groups excluding carboxylic acids is 3. The highest BCUT2D eigenvalue weighted by atomic mass is 32.2. The van der Waals surface area contributed by atoms with E-state index in [0.717, 1.165) is 17.3 Å². The van der Waals surface area contributed by atoms with E-state index in [9.17, 15) is 14.4 Å². The number of thioether (sulfide) groups is 1. The molecule has 10 heteroatoms. The maximum absolute atomic E-state index is 13.3. The third-order valence-electron chi connectivity index (χ3n) is 5.63. The molecule has 36 heavy (non-hydrogen) atoms. The third-order valence-corrected chi connectivity index (χ3v) is 6.57. The monoisotopic (exact) mass is 501 g/mol. The Bertz CT molecular complexity index is 1340. The Balaban J connectivity index is 1.26. The molecule has 2 aliphatic rings. The number of nitrogens with one attached hydrogen (secondary N) is 2. The molecule has 0 radical (unpaired) electrons. The minimum atomic E-state index is -0.861. The summed E-state index contributed by atoms with van der Waals surface area (Å²) in [4.78, 5) is 48.9. The first kappa shape index (κ1) is 23.6. The summed E-state index contributed by atoms with van der Waals surface area (Å²) >= 11 is 1.15. The lowest BCUT2D eigenvalue weighted by atomic mass is 10.1. The van der Waals surface area contributed by atoms with Crippen molar-refractivity contribution in [3.63, 3.8) is 0 Å². The van der Waals surface area contributed by atoms with Crippen LogP contribution in [0.5, 0.6) is 0 Å². The fraction of sp³-hybridized carbons (Fsp3) is 0.192. The number of amidine groups is 2. The molecule has 1 atom stereocenters. The zero-order chi connectivity index (χ0) is 24.9. The minimum absolute atomic E-state index is 0.0565. The van der Waals surface area contributed by atoms with Gasteiger partial charge in [0.25, 0.3) is 5.91 Å². The van der Waals surface area contributed by atoms with Crippen molar-refractivity contribution in [1.29, 1.82) is 0 Å². The van der Waals surface area contributed by atoms with E-state index in [-0.39, 0.29) is 36.4 Å². The Kier molecular flexibility index (Phi) is 6.94. The van der Waals surface area contributed by atoms with Crippen LogP contribution < -0.4 is 10.6 Å². The van der Waals surface area contributed by atoms with Gasteiger partial charge in [-0.05, 0) is 29.8 Å². The number of hydrogen-bond donors (Lipinski definition) is 2. The van der Waals surface area contributed by atoms with E-state index in [4.69, 9.17) is 4.42 Å². The Labute approximate surface area is 211 Å². The summed E-state index contributed by atoms with van der Waals surface area (Å²) in [5.41, 5.74) is 2.34. The molecule has 0 bridgehead atoms. The van der Waals surface area contributed by atoms with Gasteiger partial charge < -0.3 is 15.1 Å². The average molecular weight is 502 g/mol. The maximum atomic E-state index is 13.3. The number of rotatable bonds is 8. The summed E-state index contributed by atoms with van der Waals surface area (Å²) in [7, 11) is 0. The molecular formula is C26H23N5O4S. The molecule has 3 amide bonds. The van der Waals surface area contributed by atoms with Crippen LogP contribution >= 0.6 is 11.8 Å². The van der Waals surface area contributed by atoms with E-state index >= 15 is 0 Å². The van der Waals surface area contributed by atoms with Crippen LogP contribution in [0.2, 0.25) is 0 Å². The fourth-order valence-corrected chi connectivity index (χ4v) is 4.69. The van der Waals surface area contributed by atoms with Crippen LogP contribution in [0.3, 0.4) is 0 Å². The fourth-order valence-electron chi connectivity index (χ4n) is 3.86. The van der Waals surface area contributed by atoms with Crippen LogP contribution in [-0.2, 0) is 27.5 Å². The van der Waals surface area contributed by atoms with Gasteiger partial charge in [-0.1, -0.05) is 54.2 Å². The summed E-state index contributed by atoms with van der Waals surface area (Å²) in [6, 6.07) is 19.6. The number of amides is 3. The molecule has 3 heterocycles. The number of aliphatic imine (C=N–C) groups is 2. The van der Waals surface area contributed by atoms with Gasteiger partial charge in [0, 0.05) is 12.1 Å². The van der Waals surface area contributed by atoms with Crippen LogP contribution in [0.15, 0.2) is 87.4 Å². The summed E-state index contributed by atoms with van der Waals surface area (Å²) in [6.45, 7) is 0.649. The number of fused-ring (bicyclic) bond motifs is 3. The van der Waals surface area contributed by atoms with Gasteiger partial charge in [-0.2, -0.15) is 0 Å². The molecule has 2 aliphatic heterocycles. The molecule has 0 aliphatic carbocycles. The highest BCUT2D eigenvalue weighted by Gasteiger charge is 2.42. The second-order valence-corrected chi connectivity index (χ2v) is 9.11. The maximum Gasteiger partial charge on any atom is 0.259 e. The lowest BCUT2D eigenvalue weighted by molar-refractivity contribution is -0.128. The summed E-state index contributed by atoms with van der Waals surface area (Å²) < 4.78 is 5.23. The molecule has 3 aromatic rings. The van der Waals surface area contributed by atoms with E-state index in [1.807, 2.05) is 54.6 Å². The average Bonchev–Trinajstić information content (AvgIpc) is 3.54. The molecule has 2 aromatic carbocycles. The molecule has 0 spiro atoms. The highest BCUT2D eigenvalue weighted by Crippen LogP contribution is 2.34. The quantitative estimate of drug-likeness (QED) is 0.492. The molecule has 182 valence electrons. The number of benzene rings is 2. The van der Waals surface area contributed by atoms with Gasteiger partial charge in [0.05, 0.1) is 30.7 Å². The molecule has 0 saturated carbocycles. The van der Waals surface area contributed by atoms with Gasteiger partial charge in [-0.25, -0.2) is 9.89 Å². The second-order valence-electron chi connectivity index (χ2n) is 8.16. The highest BCUT2D eigenvalue weighted by molar-refractivity contribution is 8.14. The Hall–Kier alpha value is -4.18. The molecule has 5 rings (SSSR count). The first-order valence-electron chi connectivity index (χ1n) is 11.4. The number of nitrogens with zero attached hydrogens (tertiary/aromatic N) is 3. The predicted molar refractivity (Wildman–Crippen MR) is 137 cm³/mol.